The maximum absolute atomic E-state index is 5.27. The van der Waals surface area contributed by atoms with Gasteiger partial charge in [0.1, 0.15) is 0 Å². The first-order chi connectivity index (χ1) is 8.36. The summed E-state index contributed by atoms with van der Waals surface area (Å²) in [6.45, 7) is 9.27. The van der Waals surface area contributed by atoms with Crippen molar-refractivity contribution in [1.29, 1.82) is 0 Å². The van der Waals surface area contributed by atoms with E-state index in [1.807, 2.05) is 0 Å². The van der Waals surface area contributed by atoms with Crippen molar-refractivity contribution in [1.82, 2.24) is 4.90 Å². The molecule has 2 heterocycles. The summed E-state index contributed by atoms with van der Waals surface area (Å²) in [5.74, 6) is 0. The number of hydrogen-bond acceptors (Lipinski definition) is 4. The molecule has 0 radical (unpaired) electrons. The van der Waals surface area contributed by atoms with E-state index in [0.29, 0.717) is 6.10 Å². The number of ether oxygens (including phenoxy) is 3. The molecule has 0 bridgehead atoms. The second-order valence-corrected chi connectivity index (χ2v) is 4.54. The first-order valence-electron chi connectivity index (χ1n) is 6.77. The van der Waals surface area contributed by atoms with Crippen molar-refractivity contribution in [3.8, 4) is 0 Å². The molecule has 1 unspecified atom stereocenters. The third-order valence-corrected chi connectivity index (χ3v) is 3.02. The highest BCUT2D eigenvalue weighted by Gasteiger charge is 2.13. The first kappa shape index (κ1) is 14.9. The van der Waals surface area contributed by atoms with Gasteiger partial charge in [-0.25, -0.2) is 0 Å². The second kappa shape index (κ2) is 9.83. The largest absolute Gasteiger partial charge is 0.382 e. The lowest BCUT2D eigenvalue weighted by Gasteiger charge is -2.25. The standard InChI is InChI=1S/C7H15NO.C6H12O2/c1-2-3-8-4-6-9-7-5-8;1-7-5-6-3-2-4-8-6/h2-7H2,1H3;6H,2-5H2,1H3. The molecule has 0 amide bonds. The summed E-state index contributed by atoms with van der Waals surface area (Å²) in [6.07, 6.45) is 4.03. The summed E-state index contributed by atoms with van der Waals surface area (Å²) < 4.78 is 15.4. The van der Waals surface area contributed by atoms with Crippen LogP contribution in [0.3, 0.4) is 0 Å². The van der Waals surface area contributed by atoms with Crippen molar-refractivity contribution >= 4 is 0 Å². The average molecular weight is 245 g/mol. The Labute approximate surface area is 105 Å². The normalized spacial score (nSPS) is 25.4. The van der Waals surface area contributed by atoms with Gasteiger partial charge in [-0.15, -0.1) is 0 Å². The Kier molecular flexibility index (Phi) is 8.61. The fraction of sp³-hybridized carbons (Fsp3) is 1.00. The number of nitrogens with zero attached hydrogens (tertiary/aromatic N) is 1. The predicted molar refractivity (Wildman–Crippen MR) is 68.4 cm³/mol. The molecule has 0 aliphatic carbocycles. The quantitative estimate of drug-likeness (QED) is 0.752. The van der Waals surface area contributed by atoms with Crippen molar-refractivity contribution in [2.75, 3.05) is 53.2 Å². The second-order valence-electron chi connectivity index (χ2n) is 4.54. The number of rotatable bonds is 4. The molecule has 17 heavy (non-hydrogen) atoms. The summed E-state index contributed by atoms with van der Waals surface area (Å²) in [7, 11) is 1.71. The van der Waals surface area contributed by atoms with Crippen molar-refractivity contribution in [3.05, 3.63) is 0 Å². The highest BCUT2D eigenvalue weighted by atomic mass is 16.5. The maximum Gasteiger partial charge on any atom is 0.0809 e. The minimum Gasteiger partial charge on any atom is -0.382 e. The molecule has 0 N–H and O–H groups in total. The average Bonchev–Trinajstić information content (AvgIpc) is 2.85. The van der Waals surface area contributed by atoms with E-state index in [1.165, 1.54) is 25.8 Å². The van der Waals surface area contributed by atoms with Gasteiger partial charge in [-0.2, -0.15) is 0 Å². The first-order valence-corrected chi connectivity index (χ1v) is 6.77. The fourth-order valence-electron chi connectivity index (χ4n) is 2.10. The smallest absolute Gasteiger partial charge is 0.0809 e. The molecule has 102 valence electrons. The van der Waals surface area contributed by atoms with Crippen LogP contribution in [0.1, 0.15) is 26.2 Å². The number of hydrogen-bond donors (Lipinski definition) is 0. The highest BCUT2D eigenvalue weighted by Crippen LogP contribution is 2.11. The molecule has 0 aromatic heterocycles. The van der Waals surface area contributed by atoms with Gasteiger partial charge in [-0.1, -0.05) is 6.92 Å². The number of methoxy groups -OCH3 is 1. The zero-order chi connectivity index (χ0) is 12.3. The Morgan fingerprint density at radius 2 is 2.00 bits per heavy atom. The molecule has 2 fully saturated rings. The van der Waals surface area contributed by atoms with Gasteiger partial charge in [-0.3, -0.25) is 4.90 Å². The van der Waals surface area contributed by atoms with Gasteiger partial charge in [0, 0.05) is 26.8 Å². The molecule has 1 atom stereocenters. The third-order valence-electron chi connectivity index (χ3n) is 3.02. The Morgan fingerprint density at radius 1 is 1.24 bits per heavy atom. The zero-order valence-corrected chi connectivity index (χ0v) is 11.3. The fourth-order valence-corrected chi connectivity index (χ4v) is 2.10. The van der Waals surface area contributed by atoms with E-state index in [9.17, 15) is 0 Å². The summed E-state index contributed by atoms with van der Waals surface area (Å²) in [4.78, 5) is 2.45. The van der Waals surface area contributed by atoms with Crippen molar-refractivity contribution in [3.63, 3.8) is 0 Å². The van der Waals surface area contributed by atoms with Gasteiger partial charge in [0.25, 0.3) is 0 Å². The predicted octanol–water partition coefficient (Wildman–Crippen LogP) is 1.54. The molecule has 2 saturated heterocycles. The van der Waals surface area contributed by atoms with Gasteiger partial charge in [0.2, 0.25) is 0 Å². The molecule has 0 spiro atoms. The molecule has 2 rings (SSSR count). The summed E-state index contributed by atoms with van der Waals surface area (Å²) >= 11 is 0. The summed E-state index contributed by atoms with van der Waals surface area (Å²) in [5.41, 5.74) is 0. The van der Waals surface area contributed by atoms with Crippen LogP contribution in [0.25, 0.3) is 0 Å². The lowest BCUT2D eigenvalue weighted by molar-refractivity contribution is 0.0380. The van der Waals surface area contributed by atoms with E-state index < -0.39 is 0 Å². The maximum atomic E-state index is 5.27. The highest BCUT2D eigenvalue weighted by molar-refractivity contribution is 4.62. The topological polar surface area (TPSA) is 30.9 Å². The van der Waals surface area contributed by atoms with E-state index >= 15 is 0 Å². The van der Waals surface area contributed by atoms with Gasteiger partial charge in [0.15, 0.2) is 0 Å². The van der Waals surface area contributed by atoms with Crippen LogP contribution >= 0.6 is 0 Å². The lowest BCUT2D eigenvalue weighted by atomic mass is 10.2. The monoisotopic (exact) mass is 245 g/mol. The van der Waals surface area contributed by atoms with E-state index in [0.717, 1.165) is 39.5 Å². The van der Waals surface area contributed by atoms with Crippen LogP contribution in [0.5, 0.6) is 0 Å². The van der Waals surface area contributed by atoms with E-state index in [-0.39, 0.29) is 0 Å². The van der Waals surface area contributed by atoms with E-state index in [4.69, 9.17) is 14.2 Å². The van der Waals surface area contributed by atoms with Crippen molar-refractivity contribution in [2.45, 2.75) is 32.3 Å². The summed E-state index contributed by atoms with van der Waals surface area (Å²) in [5, 5.41) is 0. The van der Waals surface area contributed by atoms with Gasteiger partial charge in [0.05, 0.1) is 25.9 Å². The van der Waals surface area contributed by atoms with Crippen LogP contribution in [-0.4, -0.2) is 64.2 Å². The van der Waals surface area contributed by atoms with Crippen LogP contribution in [0.4, 0.5) is 0 Å². The van der Waals surface area contributed by atoms with Crippen molar-refractivity contribution in [2.24, 2.45) is 0 Å². The molecule has 0 aromatic rings. The molecular weight excluding hydrogens is 218 g/mol. The Morgan fingerprint density at radius 3 is 2.53 bits per heavy atom. The minimum atomic E-state index is 0.389. The Balaban J connectivity index is 0.000000171. The van der Waals surface area contributed by atoms with Crippen LogP contribution in [0.15, 0.2) is 0 Å². The van der Waals surface area contributed by atoms with Crippen LogP contribution in [-0.2, 0) is 14.2 Å². The molecular formula is C13H27NO3. The van der Waals surface area contributed by atoms with E-state index in [1.54, 1.807) is 7.11 Å². The van der Waals surface area contributed by atoms with Gasteiger partial charge in [-0.05, 0) is 25.8 Å². The number of morpholine rings is 1. The molecule has 0 aromatic carbocycles. The lowest BCUT2D eigenvalue weighted by Crippen LogP contribution is -2.36. The van der Waals surface area contributed by atoms with Crippen LogP contribution in [0, 0.1) is 0 Å². The van der Waals surface area contributed by atoms with Crippen molar-refractivity contribution < 1.29 is 14.2 Å². The molecule has 0 saturated carbocycles. The van der Waals surface area contributed by atoms with Gasteiger partial charge < -0.3 is 14.2 Å². The molecule has 4 heteroatoms. The van der Waals surface area contributed by atoms with Crippen LogP contribution < -0.4 is 0 Å². The summed E-state index contributed by atoms with van der Waals surface area (Å²) in [6, 6.07) is 0. The molecule has 2 aliphatic heterocycles. The zero-order valence-electron chi connectivity index (χ0n) is 11.3. The molecule has 4 nitrogen and oxygen atoms in total. The Hall–Kier alpha value is -0.160. The molecule has 2 aliphatic rings. The van der Waals surface area contributed by atoms with Crippen LogP contribution in [0.2, 0.25) is 0 Å². The van der Waals surface area contributed by atoms with E-state index in [2.05, 4.69) is 11.8 Å². The SMILES string of the molecule is CCCN1CCOCC1.COCC1CCCO1. The Bertz CT molecular complexity index is 163. The van der Waals surface area contributed by atoms with Gasteiger partial charge >= 0.3 is 0 Å². The third kappa shape index (κ3) is 6.99. The minimum absolute atomic E-state index is 0.389.